The van der Waals surface area contributed by atoms with Crippen LogP contribution >= 0.6 is 0 Å². The van der Waals surface area contributed by atoms with E-state index in [1.807, 2.05) is 4.90 Å². The Morgan fingerprint density at radius 2 is 1.94 bits per heavy atom. The predicted octanol–water partition coefficient (Wildman–Crippen LogP) is 1.87. The zero-order chi connectivity index (χ0) is 13.0. The molecule has 3 nitrogen and oxygen atoms in total. The van der Waals surface area contributed by atoms with Gasteiger partial charge in [-0.15, -0.1) is 0 Å². The molecule has 5 heteroatoms. The van der Waals surface area contributed by atoms with Gasteiger partial charge in [-0.25, -0.2) is 8.78 Å². The number of carbonyl (C=O) groups is 1. The molecule has 0 radical (unpaired) electrons. The Hall–Kier alpha value is -1.33. The van der Waals surface area contributed by atoms with Crippen LogP contribution < -0.4 is 0 Å². The average molecular weight is 255 g/mol. The number of hydrogen-bond acceptors (Lipinski definition) is 3. The van der Waals surface area contributed by atoms with Gasteiger partial charge in [0.15, 0.2) is 5.78 Å². The van der Waals surface area contributed by atoms with Gasteiger partial charge in [-0.3, -0.25) is 9.69 Å². The van der Waals surface area contributed by atoms with Crippen LogP contribution in [0, 0.1) is 11.6 Å². The van der Waals surface area contributed by atoms with Crippen molar-refractivity contribution in [2.75, 3.05) is 32.8 Å². The van der Waals surface area contributed by atoms with E-state index in [0.717, 1.165) is 18.6 Å². The quantitative estimate of drug-likeness (QED) is 0.772. The maximum atomic E-state index is 13.4. The van der Waals surface area contributed by atoms with E-state index in [1.54, 1.807) is 0 Å². The van der Waals surface area contributed by atoms with Gasteiger partial charge in [0.25, 0.3) is 0 Å². The van der Waals surface area contributed by atoms with Crippen molar-refractivity contribution in [2.24, 2.45) is 0 Å². The Morgan fingerprint density at radius 1 is 1.22 bits per heavy atom. The largest absolute Gasteiger partial charge is 0.380 e. The summed E-state index contributed by atoms with van der Waals surface area (Å²) in [6.07, 6.45) is 0.826. The molecular weight excluding hydrogens is 240 g/mol. The third-order valence-electron chi connectivity index (χ3n) is 2.92. The Morgan fingerprint density at radius 3 is 2.67 bits per heavy atom. The summed E-state index contributed by atoms with van der Waals surface area (Å²) in [7, 11) is 0. The van der Waals surface area contributed by atoms with Crippen molar-refractivity contribution >= 4 is 5.78 Å². The highest BCUT2D eigenvalue weighted by molar-refractivity contribution is 5.98. The molecule has 0 amide bonds. The first-order valence-corrected chi connectivity index (χ1v) is 5.96. The van der Waals surface area contributed by atoms with Crippen LogP contribution in [0.4, 0.5) is 8.78 Å². The van der Waals surface area contributed by atoms with Crippen LogP contribution in [0.5, 0.6) is 0 Å². The van der Waals surface area contributed by atoms with Gasteiger partial charge in [-0.2, -0.15) is 0 Å². The van der Waals surface area contributed by atoms with E-state index in [9.17, 15) is 13.6 Å². The van der Waals surface area contributed by atoms with E-state index in [4.69, 9.17) is 4.74 Å². The first-order chi connectivity index (χ1) is 8.68. The van der Waals surface area contributed by atoms with Crippen LogP contribution in [-0.2, 0) is 4.74 Å². The zero-order valence-electron chi connectivity index (χ0n) is 9.99. The predicted molar refractivity (Wildman–Crippen MR) is 62.6 cm³/mol. The number of carbonyl (C=O) groups excluding carboxylic acids is 1. The van der Waals surface area contributed by atoms with Crippen molar-refractivity contribution < 1.29 is 18.3 Å². The van der Waals surface area contributed by atoms with E-state index < -0.39 is 23.0 Å². The first kappa shape index (κ1) is 13.1. The van der Waals surface area contributed by atoms with Gasteiger partial charge >= 0.3 is 0 Å². The van der Waals surface area contributed by atoms with Crippen molar-refractivity contribution in [3.05, 3.63) is 35.4 Å². The Labute approximate surface area is 104 Å². The molecule has 1 aromatic rings. The second kappa shape index (κ2) is 6.02. The number of halogens is 2. The summed E-state index contributed by atoms with van der Waals surface area (Å²) in [6.45, 7) is 2.57. The number of Topliss-reactive ketones (excluding diaryl/α,β-unsaturated/α-hetero) is 1. The maximum Gasteiger partial charge on any atom is 0.182 e. The van der Waals surface area contributed by atoms with Gasteiger partial charge in [0.1, 0.15) is 11.6 Å². The maximum absolute atomic E-state index is 13.4. The second-order valence-corrected chi connectivity index (χ2v) is 4.26. The van der Waals surface area contributed by atoms with Crippen LogP contribution in [0.2, 0.25) is 0 Å². The summed E-state index contributed by atoms with van der Waals surface area (Å²) in [4.78, 5) is 13.8. The van der Waals surface area contributed by atoms with Crippen molar-refractivity contribution in [2.45, 2.75) is 6.42 Å². The highest BCUT2D eigenvalue weighted by Crippen LogP contribution is 2.13. The lowest BCUT2D eigenvalue weighted by Gasteiger charge is -2.18. The number of nitrogens with zero attached hydrogens (tertiary/aromatic N) is 1. The number of hydrogen-bond donors (Lipinski definition) is 0. The number of benzene rings is 1. The summed E-state index contributed by atoms with van der Waals surface area (Å²) in [5.74, 6) is -2.12. The molecule has 98 valence electrons. The standard InChI is InChI=1S/C13H15F2NO2/c14-10-3-1-4-11(15)13(10)12(17)9-16-5-2-7-18-8-6-16/h1,3-4H,2,5-9H2. The fraction of sp³-hybridized carbons (Fsp3) is 0.462. The van der Waals surface area contributed by atoms with Crippen LogP contribution in [0.15, 0.2) is 18.2 Å². The normalized spacial score (nSPS) is 17.4. The van der Waals surface area contributed by atoms with E-state index >= 15 is 0 Å². The van der Waals surface area contributed by atoms with Crippen molar-refractivity contribution in [3.8, 4) is 0 Å². The molecule has 1 fully saturated rings. The molecular formula is C13H15F2NO2. The minimum absolute atomic E-state index is 0.0290. The minimum atomic E-state index is -0.800. The Kier molecular flexibility index (Phi) is 4.38. The van der Waals surface area contributed by atoms with Gasteiger partial charge in [0.05, 0.1) is 18.7 Å². The monoisotopic (exact) mass is 255 g/mol. The van der Waals surface area contributed by atoms with Crippen LogP contribution in [0.3, 0.4) is 0 Å². The molecule has 1 saturated heterocycles. The molecule has 0 saturated carbocycles. The summed E-state index contributed by atoms with van der Waals surface area (Å²) >= 11 is 0. The summed E-state index contributed by atoms with van der Waals surface area (Å²) in [5.41, 5.74) is -0.442. The molecule has 1 aliphatic heterocycles. The van der Waals surface area contributed by atoms with Crippen LogP contribution in [0.25, 0.3) is 0 Å². The molecule has 0 N–H and O–H groups in total. The Bertz CT molecular complexity index is 409. The van der Waals surface area contributed by atoms with Crippen LogP contribution in [0.1, 0.15) is 16.8 Å². The lowest BCUT2D eigenvalue weighted by molar-refractivity contribution is 0.0914. The fourth-order valence-electron chi connectivity index (χ4n) is 2.00. The number of ketones is 1. The van der Waals surface area contributed by atoms with Crippen molar-refractivity contribution in [3.63, 3.8) is 0 Å². The van der Waals surface area contributed by atoms with Gasteiger partial charge in [-0.05, 0) is 18.6 Å². The third-order valence-corrected chi connectivity index (χ3v) is 2.92. The highest BCUT2D eigenvalue weighted by atomic mass is 19.1. The van der Waals surface area contributed by atoms with E-state index in [1.165, 1.54) is 6.07 Å². The van der Waals surface area contributed by atoms with Crippen LogP contribution in [-0.4, -0.2) is 43.5 Å². The molecule has 2 rings (SSSR count). The SMILES string of the molecule is O=C(CN1CCCOCC1)c1c(F)cccc1F. The molecule has 0 unspecified atom stereocenters. The number of ether oxygens (including phenoxy) is 1. The molecule has 0 spiro atoms. The first-order valence-electron chi connectivity index (χ1n) is 5.96. The van der Waals surface area contributed by atoms with Crippen molar-refractivity contribution in [1.82, 2.24) is 4.90 Å². The molecule has 0 aromatic heterocycles. The highest BCUT2D eigenvalue weighted by Gasteiger charge is 2.20. The van der Waals surface area contributed by atoms with Gasteiger partial charge in [0, 0.05) is 19.7 Å². The summed E-state index contributed by atoms with van der Waals surface area (Å²) in [5, 5.41) is 0. The van der Waals surface area contributed by atoms with Gasteiger partial charge in [-0.1, -0.05) is 6.07 Å². The topological polar surface area (TPSA) is 29.5 Å². The average Bonchev–Trinajstić information content (AvgIpc) is 2.57. The van der Waals surface area contributed by atoms with E-state index in [0.29, 0.717) is 26.3 Å². The molecule has 1 heterocycles. The molecule has 0 atom stereocenters. The minimum Gasteiger partial charge on any atom is -0.380 e. The fourth-order valence-corrected chi connectivity index (χ4v) is 2.00. The summed E-state index contributed by atoms with van der Waals surface area (Å²) < 4.78 is 32.1. The van der Waals surface area contributed by atoms with Gasteiger partial charge in [0.2, 0.25) is 0 Å². The third kappa shape index (κ3) is 3.11. The van der Waals surface area contributed by atoms with Gasteiger partial charge < -0.3 is 4.74 Å². The Balaban J connectivity index is 2.07. The smallest absolute Gasteiger partial charge is 0.182 e. The lowest BCUT2D eigenvalue weighted by Crippen LogP contribution is -2.32. The number of rotatable bonds is 3. The lowest BCUT2D eigenvalue weighted by atomic mass is 10.1. The second-order valence-electron chi connectivity index (χ2n) is 4.26. The van der Waals surface area contributed by atoms with E-state index in [-0.39, 0.29) is 6.54 Å². The molecule has 0 bridgehead atoms. The molecule has 0 aliphatic carbocycles. The molecule has 18 heavy (non-hydrogen) atoms. The summed E-state index contributed by atoms with van der Waals surface area (Å²) in [6, 6.07) is 3.45. The zero-order valence-corrected chi connectivity index (χ0v) is 9.99. The molecule has 1 aromatic carbocycles. The van der Waals surface area contributed by atoms with E-state index in [2.05, 4.69) is 0 Å². The molecule has 1 aliphatic rings. The van der Waals surface area contributed by atoms with Crippen molar-refractivity contribution in [1.29, 1.82) is 0 Å².